The molecule has 0 unspecified atom stereocenters. The molecule has 0 amide bonds. The lowest BCUT2D eigenvalue weighted by Gasteiger charge is -2.14. The Morgan fingerprint density at radius 2 is 2.28 bits per heavy atom. The Bertz CT molecular complexity index is 520. The first-order valence-electron chi connectivity index (χ1n) is 5.43. The summed E-state index contributed by atoms with van der Waals surface area (Å²) < 4.78 is 5.68. The molecule has 0 spiro atoms. The van der Waals surface area contributed by atoms with Gasteiger partial charge in [0, 0.05) is 26.4 Å². The SMILES string of the molecule is CC/C=N/n1c(N(C)C)nc(C(=O)OC)cc1=O. The molecule has 0 aliphatic rings. The summed E-state index contributed by atoms with van der Waals surface area (Å²) in [6.45, 7) is 1.90. The van der Waals surface area contributed by atoms with Gasteiger partial charge in [-0.3, -0.25) is 4.79 Å². The number of carbonyl (C=O) groups excluding carboxylic acids is 1. The third-order valence-electron chi connectivity index (χ3n) is 2.05. The molecule has 0 aliphatic carbocycles. The summed E-state index contributed by atoms with van der Waals surface area (Å²) in [7, 11) is 4.65. The van der Waals surface area contributed by atoms with Crippen molar-refractivity contribution in [3.8, 4) is 0 Å². The minimum absolute atomic E-state index is 0.0332. The molecule has 7 nitrogen and oxygen atoms in total. The van der Waals surface area contributed by atoms with Crippen LogP contribution in [0.4, 0.5) is 5.95 Å². The van der Waals surface area contributed by atoms with Crippen LogP contribution in [0.3, 0.4) is 0 Å². The Morgan fingerprint density at radius 1 is 1.61 bits per heavy atom. The zero-order chi connectivity index (χ0) is 13.7. The van der Waals surface area contributed by atoms with Gasteiger partial charge in [0.1, 0.15) is 0 Å². The normalized spacial score (nSPS) is 10.7. The number of hydrogen-bond donors (Lipinski definition) is 0. The second kappa shape index (κ2) is 5.95. The van der Waals surface area contributed by atoms with E-state index in [1.807, 2.05) is 6.92 Å². The largest absolute Gasteiger partial charge is 0.464 e. The van der Waals surface area contributed by atoms with Crippen molar-refractivity contribution in [3.05, 3.63) is 22.1 Å². The summed E-state index contributed by atoms with van der Waals surface area (Å²) in [5, 5.41) is 3.99. The summed E-state index contributed by atoms with van der Waals surface area (Å²) in [6.07, 6.45) is 2.28. The van der Waals surface area contributed by atoms with E-state index in [4.69, 9.17) is 0 Å². The Kier molecular flexibility index (Phi) is 4.59. The van der Waals surface area contributed by atoms with Crippen molar-refractivity contribution >= 4 is 18.1 Å². The molecule has 98 valence electrons. The molecule has 0 saturated carbocycles. The molecule has 1 aromatic heterocycles. The molecule has 0 aliphatic heterocycles. The van der Waals surface area contributed by atoms with E-state index in [1.54, 1.807) is 25.2 Å². The van der Waals surface area contributed by atoms with Crippen LogP contribution in [0, 0.1) is 0 Å². The van der Waals surface area contributed by atoms with Crippen LogP contribution in [0.15, 0.2) is 16.0 Å². The van der Waals surface area contributed by atoms with Crippen molar-refractivity contribution in [1.29, 1.82) is 0 Å². The second-order valence-corrected chi connectivity index (χ2v) is 3.68. The van der Waals surface area contributed by atoms with Crippen molar-refractivity contribution in [1.82, 2.24) is 9.66 Å². The Morgan fingerprint density at radius 3 is 2.78 bits per heavy atom. The van der Waals surface area contributed by atoms with Crippen LogP contribution in [0.5, 0.6) is 0 Å². The molecule has 7 heteroatoms. The van der Waals surface area contributed by atoms with Gasteiger partial charge in [-0.15, -0.1) is 0 Å². The molecule has 1 heterocycles. The monoisotopic (exact) mass is 252 g/mol. The minimum Gasteiger partial charge on any atom is -0.464 e. The van der Waals surface area contributed by atoms with Crippen LogP contribution in [0.1, 0.15) is 23.8 Å². The lowest BCUT2D eigenvalue weighted by atomic mass is 10.4. The summed E-state index contributed by atoms with van der Waals surface area (Å²) >= 11 is 0. The molecule has 0 aromatic carbocycles. The number of nitrogens with zero attached hydrogens (tertiary/aromatic N) is 4. The highest BCUT2D eigenvalue weighted by atomic mass is 16.5. The zero-order valence-electron chi connectivity index (χ0n) is 10.9. The molecule has 0 fully saturated rings. The smallest absolute Gasteiger partial charge is 0.357 e. The molecule has 0 radical (unpaired) electrons. The molecule has 0 saturated heterocycles. The second-order valence-electron chi connectivity index (χ2n) is 3.68. The number of methoxy groups -OCH3 is 1. The summed E-state index contributed by atoms with van der Waals surface area (Å²) in [4.78, 5) is 28.9. The van der Waals surface area contributed by atoms with Crippen molar-refractivity contribution in [3.63, 3.8) is 0 Å². The first-order valence-corrected chi connectivity index (χ1v) is 5.43. The highest BCUT2D eigenvalue weighted by molar-refractivity contribution is 5.87. The van der Waals surface area contributed by atoms with Gasteiger partial charge in [-0.2, -0.15) is 9.78 Å². The number of carbonyl (C=O) groups is 1. The Labute approximate surface area is 105 Å². The molecular formula is C11H16N4O3. The third kappa shape index (κ3) is 2.93. The first-order chi connectivity index (χ1) is 8.51. The molecule has 0 bridgehead atoms. The lowest BCUT2D eigenvalue weighted by molar-refractivity contribution is 0.0593. The average molecular weight is 252 g/mol. The van der Waals surface area contributed by atoms with Gasteiger partial charge in [-0.25, -0.2) is 9.78 Å². The van der Waals surface area contributed by atoms with Crippen LogP contribution in [0.2, 0.25) is 0 Å². The Balaban J connectivity index is 3.41. The molecule has 0 atom stereocenters. The lowest BCUT2D eigenvalue weighted by Crippen LogP contribution is -2.27. The zero-order valence-corrected chi connectivity index (χ0v) is 10.9. The van der Waals surface area contributed by atoms with E-state index in [2.05, 4.69) is 14.8 Å². The van der Waals surface area contributed by atoms with E-state index in [1.165, 1.54) is 7.11 Å². The Hall–Kier alpha value is -2.18. The highest BCUT2D eigenvalue weighted by Gasteiger charge is 2.15. The van der Waals surface area contributed by atoms with Crippen LogP contribution in [-0.2, 0) is 4.74 Å². The maximum absolute atomic E-state index is 11.9. The molecule has 1 aromatic rings. The van der Waals surface area contributed by atoms with E-state index in [0.29, 0.717) is 6.42 Å². The quantitative estimate of drug-likeness (QED) is 0.570. The van der Waals surface area contributed by atoms with E-state index in [0.717, 1.165) is 10.7 Å². The van der Waals surface area contributed by atoms with Gasteiger partial charge >= 0.3 is 5.97 Å². The van der Waals surface area contributed by atoms with Crippen molar-refractivity contribution in [2.45, 2.75) is 13.3 Å². The van der Waals surface area contributed by atoms with Crippen LogP contribution < -0.4 is 10.5 Å². The maximum Gasteiger partial charge on any atom is 0.357 e. The van der Waals surface area contributed by atoms with Crippen molar-refractivity contribution in [2.24, 2.45) is 5.10 Å². The number of rotatable bonds is 4. The molecule has 1 rings (SSSR count). The van der Waals surface area contributed by atoms with Gasteiger partial charge in [-0.05, 0) is 6.42 Å². The molecular weight excluding hydrogens is 236 g/mol. The van der Waals surface area contributed by atoms with Crippen LogP contribution in [0.25, 0.3) is 0 Å². The third-order valence-corrected chi connectivity index (χ3v) is 2.05. The van der Waals surface area contributed by atoms with E-state index in [-0.39, 0.29) is 11.6 Å². The summed E-state index contributed by atoms with van der Waals surface area (Å²) in [5.74, 6) is -0.380. The highest BCUT2D eigenvalue weighted by Crippen LogP contribution is 2.06. The predicted molar refractivity (Wildman–Crippen MR) is 68.3 cm³/mol. The van der Waals surface area contributed by atoms with Gasteiger partial charge < -0.3 is 9.64 Å². The van der Waals surface area contributed by atoms with Gasteiger partial charge in [0.2, 0.25) is 5.95 Å². The first kappa shape index (κ1) is 13.9. The predicted octanol–water partition coefficient (Wildman–Crippen LogP) is 0.340. The van der Waals surface area contributed by atoms with Crippen molar-refractivity contribution < 1.29 is 9.53 Å². The van der Waals surface area contributed by atoms with Gasteiger partial charge in [0.15, 0.2) is 5.69 Å². The van der Waals surface area contributed by atoms with Crippen LogP contribution >= 0.6 is 0 Å². The summed E-state index contributed by atoms with van der Waals surface area (Å²) in [5.41, 5.74) is -0.465. The number of anilines is 1. The van der Waals surface area contributed by atoms with E-state index >= 15 is 0 Å². The minimum atomic E-state index is -0.651. The van der Waals surface area contributed by atoms with Gasteiger partial charge in [0.25, 0.3) is 5.56 Å². The van der Waals surface area contributed by atoms with Crippen LogP contribution in [-0.4, -0.2) is 43.0 Å². The topological polar surface area (TPSA) is 76.8 Å². The number of aromatic nitrogens is 2. The van der Waals surface area contributed by atoms with Crippen molar-refractivity contribution in [2.75, 3.05) is 26.1 Å². The number of ether oxygens (including phenoxy) is 1. The van der Waals surface area contributed by atoms with E-state index in [9.17, 15) is 9.59 Å². The number of esters is 1. The van der Waals surface area contributed by atoms with Gasteiger partial charge in [-0.1, -0.05) is 6.92 Å². The molecule has 18 heavy (non-hydrogen) atoms. The van der Waals surface area contributed by atoms with Gasteiger partial charge in [0.05, 0.1) is 7.11 Å². The average Bonchev–Trinajstić information content (AvgIpc) is 2.35. The molecule has 0 N–H and O–H groups in total. The fourth-order valence-electron chi connectivity index (χ4n) is 1.23. The fraction of sp³-hybridized carbons (Fsp3) is 0.455. The standard InChI is InChI=1S/C11H16N4O3/c1-5-6-12-15-9(16)7-8(10(17)18-4)13-11(15)14(2)3/h6-7H,5H2,1-4H3/b12-6+. The summed E-state index contributed by atoms with van der Waals surface area (Å²) in [6, 6.07) is 1.10. The van der Waals surface area contributed by atoms with E-state index < -0.39 is 11.5 Å². The fourth-order valence-corrected chi connectivity index (χ4v) is 1.23. The maximum atomic E-state index is 11.9. The number of hydrogen-bond acceptors (Lipinski definition) is 6.